The molecule has 4 rings (SSSR count). The number of hydrogen-bond acceptors (Lipinski definition) is 3. The molecular formula is C24H28N2O2. The van der Waals surface area contributed by atoms with E-state index in [1.165, 1.54) is 12.8 Å². The van der Waals surface area contributed by atoms with Crippen molar-refractivity contribution in [2.45, 2.75) is 45.3 Å². The van der Waals surface area contributed by atoms with Crippen LogP contribution in [0.2, 0.25) is 0 Å². The number of methoxy groups -OCH3 is 1. The van der Waals surface area contributed by atoms with Crippen LogP contribution in [0.1, 0.15) is 41.4 Å². The van der Waals surface area contributed by atoms with Crippen LogP contribution in [0.25, 0.3) is 10.9 Å². The molecule has 1 aromatic heterocycles. The van der Waals surface area contributed by atoms with Crippen molar-refractivity contribution in [2.75, 3.05) is 14.2 Å². The number of ether oxygens (including phenoxy) is 1. The van der Waals surface area contributed by atoms with Gasteiger partial charge in [0.25, 0.3) is 0 Å². The van der Waals surface area contributed by atoms with E-state index in [9.17, 15) is 4.79 Å². The zero-order chi connectivity index (χ0) is 19.8. The van der Waals surface area contributed by atoms with Crippen LogP contribution in [0, 0.1) is 6.92 Å². The van der Waals surface area contributed by atoms with Crippen molar-refractivity contribution in [3.63, 3.8) is 0 Å². The molecule has 1 saturated heterocycles. The third kappa shape index (κ3) is 3.12. The minimum absolute atomic E-state index is 0.0725. The third-order valence-electron chi connectivity index (χ3n) is 6.39. The summed E-state index contributed by atoms with van der Waals surface area (Å²) in [6.45, 7) is 5.29. The number of likely N-dealkylation sites (tertiary alicyclic amines) is 1. The number of rotatable bonds is 5. The van der Waals surface area contributed by atoms with Crippen LogP contribution in [0.5, 0.6) is 5.75 Å². The van der Waals surface area contributed by atoms with Crippen molar-refractivity contribution >= 4 is 16.7 Å². The van der Waals surface area contributed by atoms with Crippen molar-refractivity contribution in [2.24, 2.45) is 0 Å². The van der Waals surface area contributed by atoms with Gasteiger partial charge in [-0.3, -0.25) is 9.69 Å². The topological polar surface area (TPSA) is 34.5 Å². The Morgan fingerprint density at radius 2 is 1.82 bits per heavy atom. The molecule has 2 aromatic carbocycles. The van der Waals surface area contributed by atoms with E-state index in [1.54, 1.807) is 7.11 Å². The summed E-state index contributed by atoms with van der Waals surface area (Å²) < 4.78 is 7.56. The average Bonchev–Trinajstić information content (AvgIpc) is 3.19. The van der Waals surface area contributed by atoms with Crippen LogP contribution in [0.15, 0.2) is 48.5 Å². The molecule has 1 aliphatic rings. The number of aromatic nitrogens is 1. The summed E-state index contributed by atoms with van der Waals surface area (Å²) >= 11 is 0. The highest BCUT2D eigenvalue weighted by Gasteiger charge is 2.29. The molecule has 0 aliphatic carbocycles. The van der Waals surface area contributed by atoms with E-state index in [-0.39, 0.29) is 5.78 Å². The molecule has 2 atom stereocenters. The molecule has 4 heteroatoms. The Kier molecular flexibility index (Phi) is 4.98. The molecule has 2 heterocycles. The molecule has 0 bridgehead atoms. The summed E-state index contributed by atoms with van der Waals surface area (Å²) in [5.41, 5.74) is 3.70. The minimum atomic E-state index is 0.0725. The Bertz CT molecular complexity index is 1000. The van der Waals surface area contributed by atoms with E-state index in [0.717, 1.165) is 34.5 Å². The lowest BCUT2D eigenvalue weighted by Crippen LogP contribution is -2.33. The van der Waals surface area contributed by atoms with Crippen LogP contribution >= 0.6 is 0 Å². The number of hydrogen-bond donors (Lipinski definition) is 0. The number of ketones is 1. The maximum absolute atomic E-state index is 13.4. The molecule has 0 saturated carbocycles. The van der Waals surface area contributed by atoms with Crippen molar-refractivity contribution in [3.8, 4) is 5.75 Å². The molecule has 3 aromatic rings. The van der Waals surface area contributed by atoms with E-state index in [2.05, 4.69) is 48.6 Å². The summed E-state index contributed by atoms with van der Waals surface area (Å²) in [5.74, 6) is 0.831. The highest BCUT2D eigenvalue weighted by atomic mass is 16.5. The standard InChI is InChI=1S/C24H28N2O2/c1-16-9-12-19(25(16)3)15-26-17(2)23(21-7-5-6-8-22(21)26)24(27)18-10-13-20(28-4)14-11-18/h5-8,10-11,13-14,16,19H,9,12,15H2,1-4H3. The lowest BCUT2D eigenvalue weighted by Gasteiger charge is -2.24. The normalized spacial score (nSPS) is 20.0. The summed E-state index contributed by atoms with van der Waals surface area (Å²) in [6.07, 6.45) is 2.43. The number of fused-ring (bicyclic) bond motifs is 1. The summed E-state index contributed by atoms with van der Waals surface area (Å²) in [4.78, 5) is 15.9. The lowest BCUT2D eigenvalue weighted by atomic mass is 10.0. The Balaban J connectivity index is 1.76. The van der Waals surface area contributed by atoms with Crippen LogP contribution < -0.4 is 4.74 Å². The average molecular weight is 377 g/mol. The first-order valence-corrected chi connectivity index (χ1v) is 9.99. The highest BCUT2D eigenvalue weighted by molar-refractivity contribution is 6.17. The van der Waals surface area contributed by atoms with Crippen LogP contribution in [-0.2, 0) is 6.54 Å². The Labute approximate surface area is 166 Å². The maximum Gasteiger partial charge on any atom is 0.195 e. The number of carbonyl (C=O) groups is 1. The first-order chi connectivity index (χ1) is 13.5. The molecule has 1 aliphatic heterocycles. The molecule has 0 radical (unpaired) electrons. The summed E-state index contributed by atoms with van der Waals surface area (Å²) in [5, 5.41) is 1.04. The maximum atomic E-state index is 13.4. The Morgan fingerprint density at radius 1 is 1.11 bits per heavy atom. The number of likely N-dealkylation sites (N-methyl/N-ethyl adjacent to an activating group) is 1. The van der Waals surface area contributed by atoms with Crippen molar-refractivity contribution in [3.05, 3.63) is 65.4 Å². The lowest BCUT2D eigenvalue weighted by molar-refractivity contribution is 0.103. The van der Waals surface area contributed by atoms with Crippen molar-refractivity contribution in [1.82, 2.24) is 9.47 Å². The molecule has 0 amide bonds. The SMILES string of the molecule is COc1ccc(C(=O)c2c(C)n(CC3CCC(C)N3C)c3ccccc23)cc1. The van der Waals surface area contributed by atoms with Crippen molar-refractivity contribution < 1.29 is 9.53 Å². The van der Waals surface area contributed by atoms with Crippen LogP contribution in [0.3, 0.4) is 0 Å². The minimum Gasteiger partial charge on any atom is -0.497 e. The quantitative estimate of drug-likeness (QED) is 0.607. The zero-order valence-corrected chi connectivity index (χ0v) is 17.1. The van der Waals surface area contributed by atoms with E-state index >= 15 is 0 Å². The van der Waals surface area contributed by atoms with Gasteiger partial charge in [-0.05, 0) is 64.1 Å². The molecule has 0 spiro atoms. The predicted molar refractivity (Wildman–Crippen MR) is 113 cm³/mol. The second-order valence-corrected chi connectivity index (χ2v) is 7.89. The largest absolute Gasteiger partial charge is 0.497 e. The molecule has 1 fully saturated rings. The van der Waals surface area contributed by atoms with Crippen LogP contribution in [-0.4, -0.2) is 41.5 Å². The van der Waals surface area contributed by atoms with Gasteiger partial charge in [0.1, 0.15) is 5.75 Å². The van der Waals surface area contributed by atoms with E-state index in [1.807, 2.05) is 30.3 Å². The number of carbonyl (C=O) groups excluding carboxylic acids is 1. The fraction of sp³-hybridized carbons (Fsp3) is 0.375. The fourth-order valence-electron chi connectivity index (χ4n) is 4.47. The smallest absolute Gasteiger partial charge is 0.195 e. The van der Waals surface area contributed by atoms with Gasteiger partial charge in [-0.25, -0.2) is 0 Å². The molecule has 146 valence electrons. The van der Waals surface area contributed by atoms with Gasteiger partial charge < -0.3 is 9.30 Å². The molecule has 4 nitrogen and oxygen atoms in total. The first kappa shape index (κ1) is 18.8. The molecular weight excluding hydrogens is 348 g/mol. The molecule has 2 unspecified atom stereocenters. The Hall–Kier alpha value is -2.59. The van der Waals surface area contributed by atoms with Gasteiger partial charge in [0.05, 0.1) is 12.7 Å². The van der Waals surface area contributed by atoms with Gasteiger partial charge in [-0.2, -0.15) is 0 Å². The van der Waals surface area contributed by atoms with Gasteiger partial charge in [0.15, 0.2) is 5.78 Å². The van der Waals surface area contributed by atoms with Gasteiger partial charge in [0, 0.05) is 40.8 Å². The molecule has 28 heavy (non-hydrogen) atoms. The zero-order valence-electron chi connectivity index (χ0n) is 17.1. The number of benzene rings is 2. The summed E-state index contributed by atoms with van der Waals surface area (Å²) in [7, 11) is 3.85. The fourth-order valence-corrected chi connectivity index (χ4v) is 4.47. The summed E-state index contributed by atoms with van der Waals surface area (Å²) in [6, 6.07) is 16.8. The van der Waals surface area contributed by atoms with Gasteiger partial charge in [-0.15, -0.1) is 0 Å². The van der Waals surface area contributed by atoms with Gasteiger partial charge >= 0.3 is 0 Å². The van der Waals surface area contributed by atoms with E-state index < -0.39 is 0 Å². The van der Waals surface area contributed by atoms with Crippen LogP contribution in [0.4, 0.5) is 0 Å². The number of para-hydroxylation sites is 1. The van der Waals surface area contributed by atoms with Crippen molar-refractivity contribution in [1.29, 1.82) is 0 Å². The number of nitrogens with zero attached hydrogens (tertiary/aromatic N) is 2. The Morgan fingerprint density at radius 3 is 2.46 bits per heavy atom. The van der Waals surface area contributed by atoms with Gasteiger partial charge in [0.2, 0.25) is 0 Å². The highest BCUT2D eigenvalue weighted by Crippen LogP contribution is 2.31. The molecule has 0 N–H and O–H groups in total. The predicted octanol–water partition coefficient (Wildman–Crippen LogP) is 4.67. The second-order valence-electron chi connectivity index (χ2n) is 7.89. The van der Waals surface area contributed by atoms with E-state index in [0.29, 0.717) is 17.6 Å². The third-order valence-corrected chi connectivity index (χ3v) is 6.39. The second kappa shape index (κ2) is 7.44. The monoisotopic (exact) mass is 376 g/mol. The van der Waals surface area contributed by atoms with Gasteiger partial charge in [-0.1, -0.05) is 18.2 Å². The first-order valence-electron chi connectivity index (χ1n) is 9.99. The van der Waals surface area contributed by atoms with E-state index in [4.69, 9.17) is 4.74 Å².